The first kappa shape index (κ1) is 13.9. The predicted octanol–water partition coefficient (Wildman–Crippen LogP) is 3.56. The van der Waals surface area contributed by atoms with Crippen LogP contribution < -0.4 is 5.56 Å². The summed E-state index contributed by atoms with van der Waals surface area (Å²) in [5, 5.41) is 3.76. The summed E-state index contributed by atoms with van der Waals surface area (Å²) in [6.45, 7) is 3.71. The van der Waals surface area contributed by atoms with E-state index in [4.69, 9.17) is 0 Å². The van der Waals surface area contributed by atoms with Gasteiger partial charge in [-0.1, -0.05) is 0 Å². The van der Waals surface area contributed by atoms with Crippen molar-refractivity contribution in [1.29, 1.82) is 0 Å². The number of thiazole rings is 1. The molecule has 0 fully saturated rings. The van der Waals surface area contributed by atoms with Gasteiger partial charge in [-0.3, -0.25) is 9.59 Å². The maximum Gasteiger partial charge on any atom is 0.260 e. The van der Waals surface area contributed by atoms with E-state index in [1.807, 2.05) is 25.3 Å². The number of thiophene rings is 1. The molecule has 0 aliphatic carbocycles. The largest absolute Gasteiger partial charge is 0.313 e. The van der Waals surface area contributed by atoms with Gasteiger partial charge in [-0.15, -0.1) is 22.7 Å². The number of fused-ring (bicyclic) bond motifs is 1. The number of hydrogen-bond acceptors (Lipinski definition) is 5. The van der Waals surface area contributed by atoms with Crippen LogP contribution in [0.25, 0.3) is 16.3 Å². The minimum atomic E-state index is -0.336. The maximum atomic E-state index is 12.3. The number of nitrogens with zero attached hydrogens (tertiary/aromatic N) is 1. The van der Waals surface area contributed by atoms with Crippen LogP contribution in [0, 0.1) is 13.8 Å². The van der Waals surface area contributed by atoms with E-state index in [2.05, 4.69) is 9.97 Å². The van der Waals surface area contributed by atoms with E-state index in [1.54, 1.807) is 12.3 Å². The van der Waals surface area contributed by atoms with E-state index in [-0.39, 0.29) is 16.9 Å². The van der Waals surface area contributed by atoms with Crippen LogP contribution in [0.2, 0.25) is 0 Å². The molecule has 1 N–H and O–H groups in total. The van der Waals surface area contributed by atoms with E-state index >= 15 is 0 Å². The number of aryl methyl sites for hydroxylation is 2. The summed E-state index contributed by atoms with van der Waals surface area (Å²) in [7, 11) is 0. The quantitative estimate of drug-likeness (QED) is 0.593. The monoisotopic (exact) mass is 316 g/mol. The number of nitrogens with one attached hydrogen (secondary N) is 1. The van der Waals surface area contributed by atoms with E-state index in [0.717, 1.165) is 25.7 Å². The molecule has 0 aliphatic rings. The molecule has 0 saturated heterocycles. The van der Waals surface area contributed by atoms with Gasteiger partial charge in [0.1, 0.15) is 4.83 Å². The zero-order valence-electron chi connectivity index (χ0n) is 11.5. The summed E-state index contributed by atoms with van der Waals surface area (Å²) >= 11 is 2.96. The summed E-state index contributed by atoms with van der Waals surface area (Å²) in [4.78, 5) is 33.0. The number of carbonyl (C=O) groups excluding carboxylic acids is 1. The number of pyridine rings is 1. The van der Waals surface area contributed by atoms with Crippen LogP contribution in [0.3, 0.4) is 0 Å². The molecular weight excluding hydrogens is 304 g/mol. The average molecular weight is 316 g/mol. The van der Waals surface area contributed by atoms with Gasteiger partial charge in [-0.05, 0) is 43.0 Å². The minimum absolute atomic E-state index is 0.207. The Morgan fingerprint density at radius 3 is 2.90 bits per heavy atom. The van der Waals surface area contributed by atoms with Gasteiger partial charge in [-0.25, -0.2) is 4.98 Å². The smallest absolute Gasteiger partial charge is 0.260 e. The summed E-state index contributed by atoms with van der Waals surface area (Å²) < 4.78 is 0. The second-order valence-electron chi connectivity index (χ2n) is 4.60. The predicted molar refractivity (Wildman–Crippen MR) is 87.4 cm³/mol. The number of ketones is 1. The van der Waals surface area contributed by atoms with Gasteiger partial charge in [0.25, 0.3) is 5.56 Å². The highest BCUT2D eigenvalue weighted by atomic mass is 32.1. The van der Waals surface area contributed by atoms with Gasteiger partial charge in [0.15, 0.2) is 5.78 Å². The molecule has 0 aliphatic heterocycles. The van der Waals surface area contributed by atoms with E-state index in [0.29, 0.717) is 0 Å². The number of H-pyrrole nitrogens is 1. The zero-order chi connectivity index (χ0) is 15.0. The molecule has 6 heteroatoms. The van der Waals surface area contributed by atoms with Crippen LogP contribution in [0.1, 0.15) is 25.8 Å². The lowest BCUT2D eigenvalue weighted by Gasteiger charge is -2.02. The SMILES string of the molecule is Cc1ncc(C=CC(=O)c2c(C)c3ccsc3[nH]c2=O)s1. The van der Waals surface area contributed by atoms with Gasteiger partial charge < -0.3 is 4.98 Å². The van der Waals surface area contributed by atoms with E-state index < -0.39 is 0 Å². The molecule has 4 nitrogen and oxygen atoms in total. The lowest BCUT2D eigenvalue weighted by atomic mass is 10.0. The van der Waals surface area contributed by atoms with Crippen LogP contribution in [-0.4, -0.2) is 15.8 Å². The van der Waals surface area contributed by atoms with Gasteiger partial charge in [-0.2, -0.15) is 0 Å². The Morgan fingerprint density at radius 1 is 1.38 bits per heavy atom. The first-order valence-corrected chi connectivity index (χ1v) is 8.01. The minimum Gasteiger partial charge on any atom is -0.313 e. The van der Waals surface area contributed by atoms with Crippen molar-refractivity contribution in [1.82, 2.24) is 9.97 Å². The zero-order valence-corrected chi connectivity index (χ0v) is 13.1. The van der Waals surface area contributed by atoms with Crippen molar-refractivity contribution in [3.63, 3.8) is 0 Å². The van der Waals surface area contributed by atoms with Crippen molar-refractivity contribution in [2.45, 2.75) is 13.8 Å². The van der Waals surface area contributed by atoms with Crippen molar-refractivity contribution < 1.29 is 4.79 Å². The van der Waals surface area contributed by atoms with Crippen LogP contribution in [0.15, 0.2) is 28.5 Å². The number of hydrogen-bond donors (Lipinski definition) is 1. The average Bonchev–Trinajstić information content (AvgIpc) is 3.05. The molecule has 0 unspecified atom stereocenters. The topological polar surface area (TPSA) is 62.8 Å². The lowest BCUT2D eigenvalue weighted by Crippen LogP contribution is -2.18. The Kier molecular flexibility index (Phi) is 3.57. The second-order valence-corrected chi connectivity index (χ2v) is 6.78. The fraction of sp³-hybridized carbons (Fsp3) is 0.133. The maximum absolute atomic E-state index is 12.3. The molecule has 0 bridgehead atoms. The number of allylic oxidation sites excluding steroid dienone is 1. The lowest BCUT2D eigenvalue weighted by molar-refractivity contribution is 0.104. The fourth-order valence-corrected chi connectivity index (χ4v) is 3.69. The molecule has 3 aromatic rings. The van der Waals surface area contributed by atoms with Gasteiger partial charge in [0.2, 0.25) is 0 Å². The van der Waals surface area contributed by atoms with Crippen LogP contribution in [-0.2, 0) is 0 Å². The molecular formula is C15H12N2O2S2. The van der Waals surface area contributed by atoms with Crippen LogP contribution in [0.4, 0.5) is 0 Å². The molecule has 0 spiro atoms. The third-order valence-corrected chi connectivity index (χ3v) is 4.89. The summed E-state index contributed by atoms with van der Waals surface area (Å²) in [6.07, 6.45) is 4.84. The van der Waals surface area contributed by atoms with Gasteiger partial charge in [0, 0.05) is 16.5 Å². The van der Waals surface area contributed by atoms with Crippen molar-refractivity contribution in [2.24, 2.45) is 0 Å². The first-order chi connectivity index (χ1) is 10.1. The highest BCUT2D eigenvalue weighted by Crippen LogP contribution is 2.22. The van der Waals surface area contributed by atoms with Gasteiger partial charge in [0.05, 0.1) is 10.6 Å². The Labute approximate surface area is 128 Å². The van der Waals surface area contributed by atoms with E-state index in [9.17, 15) is 9.59 Å². The molecule has 3 aromatic heterocycles. The number of aromatic nitrogens is 2. The molecule has 0 amide bonds. The second kappa shape index (κ2) is 5.38. The molecule has 3 rings (SSSR count). The third kappa shape index (κ3) is 2.59. The van der Waals surface area contributed by atoms with Gasteiger partial charge >= 0.3 is 0 Å². The Bertz CT molecular complexity index is 915. The van der Waals surface area contributed by atoms with Crippen molar-refractivity contribution in [3.05, 3.63) is 55.1 Å². The molecule has 0 saturated carbocycles. The summed E-state index contributed by atoms with van der Waals surface area (Å²) in [5.74, 6) is -0.284. The number of aromatic amines is 1. The highest BCUT2D eigenvalue weighted by Gasteiger charge is 2.15. The van der Waals surface area contributed by atoms with Crippen molar-refractivity contribution >= 4 is 44.7 Å². The molecule has 0 aromatic carbocycles. The normalized spacial score (nSPS) is 11.5. The molecule has 3 heterocycles. The Morgan fingerprint density at radius 2 is 2.19 bits per heavy atom. The van der Waals surface area contributed by atoms with Crippen molar-refractivity contribution in [2.75, 3.05) is 0 Å². The highest BCUT2D eigenvalue weighted by molar-refractivity contribution is 7.16. The molecule has 21 heavy (non-hydrogen) atoms. The Balaban J connectivity index is 2.01. The third-order valence-electron chi connectivity index (χ3n) is 3.18. The first-order valence-electron chi connectivity index (χ1n) is 6.31. The molecule has 0 atom stereocenters. The summed E-state index contributed by atoms with van der Waals surface area (Å²) in [5.41, 5.74) is 0.598. The summed E-state index contributed by atoms with van der Waals surface area (Å²) in [6, 6.07) is 1.91. The Hall–Kier alpha value is -2.05. The fourth-order valence-electron chi connectivity index (χ4n) is 2.16. The van der Waals surface area contributed by atoms with E-state index in [1.165, 1.54) is 28.7 Å². The van der Waals surface area contributed by atoms with Crippen LogP contribution in [0.5, 0.6) is 0 Å². The standard InChI is InChI=1S/C15H12N2O2S2/c1-8-11-5-6-20-15(11)17-14(19)13(8)12(18)4-3-10-7-16-9(2)21-10/h3-7H,1-2H3,(H,17,19). The number of carbonyl (C=O) groups is 1. The van der Waals surface area contributed by atoms with Crippen LogP contribution >= 0.6 is 22.7 Å². The van der Waals surface area contributed by atoms with Crippen molar-refractivity contribution in [3.8, 4) is 0 Å². The number of rotatable bonds is 3. The molecule has 0 radical (unpaired) electrons. The molecule has 106 valence electrons.